The molecule has 0 aliphatic rings. The molecule has 4 nitrogen and oxygen atoms in total. The van der Waals surface area contributed by atoms with Gasteiger partial charge in [0, 0.05) is 10.9 Å². The van der Waals surface area contributed by atoms with Crippen molar-refractivity contribution in [2.75, 3.05) is 6.61 Å². The maximum Gasteiger partial charge on any atom is 0.232 e. The van der Waals surface area contributed by atoms with Crippen LogP contribution in [0.1, 0.15) is 36.7 Å². The third kappa shape index (κ3) is 3.12. The van der Waals surface area contributed by atoms with Crippen LogP contribution in [0, 0.1) is 16.7 Å². The molecule has 2 aromatic rings. The van der Waals surface area contributed by atoms with Gasteiger partial charge in [-0.3, -0.25) is 4.79 Å². The van der Waals surface area contributed by atoms with Crippen molar-refractivity contribution in [3.05, 3.63) is 35.4 Å². The number of aromatic nitrogens is 1. The quantitative estimate of drug-likeness (QED) is 0.801. The predicted molar refractivity (Wildman–Crippen MR) is 76.8 cm³/mol. The van der Waals surface area contributed by atoms with Crippen LogP contribution < -0.4 is 4.74 Å². The Balaban J connectivity index is 2.45. The summed E-state index contributed by atoms with van der Waals surface area (Å²) in [5.74, 6) is 0.341. The van der Waals surface area contributed by atoms with Crippen molar-refractivity contribution in [1.82, 2.24) is 4.98 Å². The lowest BCUT2D eigenvalue weighted by Crippen LogP contribution is -2.17. The molecule has 102 valence electrons. The highest BCUT2D eigenvalue weighted by Crippen LogP contribution is 2.24. The standard InChI is InChI=1S/C16H16N2O2/c1-16(2,3)10-20-15-13(8-17)7-12-6-11(9-19)4-5-14(12)18-15/h4-7,9H,10H2,1-3H3. The lowest BCUT2D eigenvalue weighted by molar-refractivity contribution is 0.112. The Labute approximate surface area is 118 Å². The van der Waals surface area contributed by atoms with Gasteiger partial charge in [-0.15, -0.1) is 0 Å². The van der Waals surface area contributed by atoms with Crippen LogP contribution in [0.25, 0.3) is 10.9 Å². The van der Waals surface area contributed by atoms with Crippen LogP contribution in [0.4, 0.5) is 0 Å². The Morgan fingerprint density at radius 3 is 2.70 bits per heavy atom. The Morgan fingerprint density at radius 1 is 1.35 bits per heavy atom. The third-order valence-electron chi connectivity index (χ3n) is 2.70. The number of hydrogen-bond acceptors (Lipinski definition) is 4. The van der Waals surface area contributed by atoms with Gasteiger partial charge in [0.25, 0.3) is 0 Å². The van der Waals surface area contributed by atoms with E-state index in [1.165, 1.54) is 0 Å². The number of hydrogen-bond donors (Lipinski definition) is 0. The number of aldehydes is 1. The highest BCUT2D eigenvalue weighted by atomic mass is 16.5. The van der Waals surface area contributed by atoms with E-state index in [9.17, 15) is 10.1 Å². The van der Waals surface area contributed by atoms with E-state index < -0.39 is 0 Å². The van der Waals surface area contributed by atoms with Gasteiger partial charge < -0.3 is 4.74 Å². The van der Waals surface area contributed by atoms with Crippen LogP contribution in [0.2, 0.25) is 0 Å². The molecule has 0 atom stereocenters. The minimum absolute atomic E-state index is 0.00919. The molecule has 1 heterocycles. The van der Waals surface area contributed by atoms with Crippen molar-refractivity contribution in [1.29, 1.82) is 5.26 Å². The van der Waals surface area contributed by atoms with Gasteiger partial charge in [0.15, 0.2) is 0 Å². The fraction of sp³-hybridized carbons (Fsp3) is 0.312. The molecule has 4 heteroatoms. The molecular formula is C16H16N2O2. The first-order valence-corrected chi connectivity index (χ1v) is 6.36. The monoisotopic (exact) mass is 268 g/mol. The second-order valence-electron chi connectivity index (χ2n) is 5.87. The fourth-order valence-electron chi connectivity index (χ4n) is 1.73. The molecule has 20 heavy (non-hydrogen) atoms. The summed E-state index contributed by atoms with van der Waals surface area (Å²) in [6, 6.07) is 8.95. The molecule has 0 spiro atoms. The Morgan fingerprint density at radius 2 is 2.10 bits per heavy atom. The van der Waals surface area contributed by atoms with E-state index in [0.717, 1.165) is 11.7 Å². The van der Waals surface area contributed by atoms with E-state index >= 15 is 0 Å². The SMILES string of the molecule is CC(C)(C)COc1nc2ccc(C=O)cc2cc1C#N. The summed E-state index contributed by atoms with van der Waals surface area (Å²) in [6.45, 7) is 6.63. The number of rotatable bonds is 3. The molecule has 0 radical (unpaired) electrons. The minimum Gasteiger partial charge on any atom is -0.476 e. The number of carbonyl (C=O) groups is 1. The number of ether oxygens (including phenoxy) is 1. The van der Waals surface area contributed by atoms with Crippen molar-refractivity contribution in [2.45, 2.75) is 20.8 Å². The van der Waals surface area contributed by atoms with Crippen molar-refractivity contribution in [3.8, 4) is 11.9 Å². The zero-order valence-electron chi connectivity index (χ0n) is 11.8. The molecule has 0 fully saturated rings. The zero-order chi connectivity index (χ0) is 14.8. The van der Waals surface area contributed by atoms with Crippen LogP contribution in [0.15, 0.2) is 24.3 Å². The van der Waals surface area contributed by atoms with Crippen LogP contribution in [0.5, 0.6) is 5.88 Å². The fourth-order valence-corrected chi connectivity index (χ4v) is 1.73. The average Bonchev–Trinajstić information content (AvgIpc) is 2.42. The summed E-state index contributed by atoms with van der Waals surface area (Å²) in [5.41, 5.74) is 1.64. The molecule has 0 amide bonds. The Hall–Kier alpha value is -2.41. The minimum atomic E-state index is -0.00919. The number of carbonyl (C=O) groups excluding carboxylic acids is 1. The normalized spacial score (nSPS) is 11.1. The highest BCUT2D eigenvalue weighted by molar-refractivity contribution is 5.87. The number of fused-ring (bicyclic) bond motifs is 1. The summed E-state index contributed by atoms with van der Waals surface area (Å²) in [7, 11) is 0. The van der Waals surface area contributed by atoms with Crippen molar-refractivity contribution < 1.29 is 9.53 Å². The van der Waals surface area contributed by atoms with E-state index in [2.05, 4.69) is 31.8 Å². The number of benzene rings is 1. The summed E-state index contributed by atoms with van der Waals surface area (Å²) in [6.07, 6.45) is 0.773. The number of pyridine rings is 1. The first-order valence-electron chi connectivity index (χ1n) is 6.36. The average molecular weight is 268 g/mol. The third-order valence-corrected chi connectivity index (χ3v) is 2.70. The van der Waals surface area contributed by atoms with Crippen molar-refractivity contribution >= 4 is 17.2 Å². The van der Waals surface area contributed by atoms with Gasteiger partial charge in [-0.25, -0.2) is 4.98 Å². The molecule has 0 saturated carbocycles. The molecule has 0 bridgehead atoms. The van der Waals surface area contributed by atoms with Gasteiger partial charge in [-0.2, -0.15) is 5.26 Å². The van der Waals surface area contributed by atoms with E-state index in [0.29, 0.717) is 29.1 Å². The maximum atomic E-state index is 10.8. The molecule has 0 unspecified atom stereocenters. The maximum absolute atomic E-state index is 10.8. The van der Waals surface area contributed by atoms with Crippen LogP contribution in [0.3, 0.4) is 0 Å². The highest BCUT2D eigenvalue weighted by Gasteiger charge is 2.14. The van der Waals surface area contributed by atoms with Gasteiger partial charge in [0.2, 0.25) is 5.88 Å². The van der Waals surface area contributed by atoms with Crippen LogP contribution >= 0.6 is 0 Å². The van der Waals surface area contributed by atoms with Gasteiger partial charge >= 0.3 is 0 Å². The predicted octanol–water partition coefficient (Wildman–Crippen LogP) is 3.34. The molecule has 0 N–H and O–H groups in total. The van der Waals surface area contributed by atoms with Gasteiger partial charge in [0.1, 0.15) is 17.9 Å². The Bertz CT molecular complexity index is 694. The molecule has 0 aliphatic heterocycles. The van der Waals surface area contributed by atoms with Gasteiger partial charge in [-0.1, -0.05) is 20.8 Å². The topological polar surface area (TPSA) is 63.0 Å². The largest absolute Gasteiger partial charge is 0.476 e. The Kier molecular flexibility index (Phi) is 3.71. The van der Waals surface area contributed by atoms with E-state index in [1.54, 1.807) is 24.3 Å². The smallest absolute Gasteiger partial charge is 0.232 e. The number of nitrogens with zero attached hydrogens (tertiary/aromatic N) is 2. The first-order chi connectivity index (χ1) is 9.43. The lowest BCUT2D eigenvalue weighted by atomic mass is 9.99. The lowest BCUT2D eigenvalue weighted by Gasteiger charge is -2.18. The molecule has 1 aromatic carbocycles. The van der Waals surface area contributed by atoms with E-state index in [-0.39, 0.29) is 5.41 Å². The summed E-state index contributed by atoms with van der Waals surface area (Å²) < 4.78 is 5.65. The van der Waals surface area contributed by atoms with Gasteiger partial charge in [-0.05, 0) is 29.7 Å². The van der Waals surface area contributed by atoms with Gasteiger partial charge in [0.05, 0.1) is 12.1 Å². The van der Waals surface area contributed by atoms with Crippen LogP contribution in [-0.4, -0.2) is 17.9 Å². The number of nitriles is 1. The van der Waals surface area contributed by atoms with Crippen molar-refractivity contribution in [3.63, 3.8) is 0 Å². The second-order valence-corrected chi connectivity index (χ2v) is 5.87. The van der Waals surface area contributed by atoms with E-state index in [1.807, 2.05) is 0 Å². The molecule has 1 aromatic heterocycles. The molecule has 0 saturated heterocycles. The summed E-state index contributed by atoms with van der Waals surface area (Å²) in [4.78, 5) is 15.1. The zero-order valence-corrected chi connectivity index (χ0v) is 11.8. The first kappa shape index (κ1) is 14.0. The summed E-state index contributed by atoms with van der Waals surface area (Å²) >= 11 is 0. The molecule has 0 aliphatic carbocycles. The summed E-state index contributed by atoms with van der Waals surface area (Å²) in [5, 5.41) is 9.95. The van der Waals surface area contributed by atoms with Crippen molar-refractivity contribution in [2.24, 2.45) is 5.41 Å². The second kappa shape index (κ2) is 5.30. The molecule has 2 rings (SSSR count). The van der Waals surface area contributed by atoms with Crippen LogP contribution in [-0.2, 0) is 0 Å². The molecular weight excluding hydrogens is 252 g/mol. The van der Waals surface area contributed by atoms with E-state index in [4.69, 9.17) is 4.74 Å².